The van der Waals surface area contributed by atoms with Crippen LogP contribution in [0.3, 0.4) is 0 Å². The van der Waals surface area contributed by atoms with Crippen LogP contribution in [0.5, 0.6) is 0 Å². The maximum Gasteiger partial charge on any atom is 0.303 e. The fraction of sp³-hybridized carbons (Fsp3) is 0.310. The molecule has 0 radical (unpaired) electrons. The average Bonchev–Trinajstić information content (AvgIpc) is 2.88. The van der Waals surface area contributed by atoms with Gasteiger partial charge >= 0.3 is 5.97 Å². The Balaban J connectivity index is 1.61. The zero-order chi connectivity index (χ0) is 24.1. The summed E-state index contributed by atoms with van der Waals surface area (Å²) in [5.74, 6) is -1.14. The lowest BCUT2D eigenvalue weighted by Crippen LogP contribution is -2.45. The maximum atomic E-state index is 11.6. The number of benzene rings is 3. The smallest absolute Gasteiger partial charge is 0.303 e. The van der Waals surface area contributed by atoms with Crippen molar-refractivity contribution in [2.45, 2.75) is 44.1 Å². The normalized spacial score (nSPS) is 11.2. The summed E-state index contributed by atoms with van der Waals surface area (Å²) in [6, 6.07) is 31.7. The summed E-state index contributed by atoms with van der Waals surface area (Å²) in [6.07, 6.45) is 3.88. The Kier molecular flexibility index (Phi) is 9.86. The van der Waals surface area contributed by atoms with E-state index in [9.17, 15) is 9.59 Å². The highest BCUT2D eigenvalue weighted by atomic mass is 16.4. The van der Waals surface area contributed by atoms with Gasteiger partial charge in [-0.05, 0) is 36.1 Å². The van der Waals surface area contributed by atoms with Gasteiger partial charge in [-0.2, -0.15) is 0 Å². The lowest BCUT2D eigenvalue weighted by molar-refractivity contribution is -0.138. The lowest BCUT2D eigenvalue weighted by atomic mass is 9.77. The SMILES string of the molecule is O=C(O)CCC(=O)NCCCCCCNC(c1ccccc1)(c1ccccc1)c1ccccc1. The van der Waals surface area contributed by atoms with E-state index >= 15 is 0 Å². The molecule has 5 heteroatoms. The first kappa shape index (κ1) is 25.2. The summed E-state index contributed by atoms with van der Waals surface area (Å²) in [6.45, 7) is 1.44. The van der Waals surface area contributed by atoms with Gasteiger partial charge in [-0.3, -0.25) is 14.9 Å². The molecule has 34 heavy (non-hydrogen) atoms. The molecule has 0 saturated heterocycles. The van der Waals surface area contributed by atoms with E-state index in [-0.39, 0.29) is 18.7 Å². The first-order valence-electron chi connectivity index (χ1n) is 12.0. The van der Waals surface area contributed by atoms with Crippen molar-refractivity contribution in [3.63, 3.8) is 0 Å². The number of unbranched alkanes of at least 4 members (excludes halogenated alkanes) is 3. The predicted molar refractivity (Wildman–Crippen MR) is 136 cm³/mol. The molecule has 178 valence electrons. The molecule has 0 aromatic heterocycles. The van der Waals surface area contributed by atoms with E-state index in [1.165, 1.54) is 16.7 Å². The van der Waals surface area contributed by atoms with E-state index in [4.69, 9.17) is 5.11 Å². The van der Waals surface area contributed by atoms with Crippen molar-refractivity contribution in [3.05, 3.63) is 108 Å². The van der Waals surface area contributed by atoms with Gasteiger partial charge in [0.25, 0.3) is 0 Å². The van der Waals surface area contributed by atoms with Crippen molar-refractivity contribution < 1.29 is 14.7 Å². The number of carboxylic acid groups (broad SMARTS) is 1. The van der Waals surface area contributed by atoms with Crippen molar-refractivity contribution in [1.29, 1.82) is 0 Å². The number of aliphatic carboxylic acids is 1. The summed E-state index contributed by atoms with van der Waals surface area (Å²) in [7, 11) is 0. The third-order valence-electron chi connectivity index (χ3n) is 6.00. The van der Waals surface area contributed by atoms with Gasteiger partial charge in [0.1, 0.15) is 0 Å². The van der Waals surface area contributed by atoms with Gasteiger partial charge in [-0.1, -0.05) is 104 Å². The number of nitrogens with one attached hydrogen (secondary N) is 2. The molecule has 0 atom stereocenters. The number of amides is 1. The fourth-order valence-corrected chi connectivity index (χ4v) is 4.29. The molecule has 0 aliphatic carbocycles. The first-order chi connectivity index (χ1) is 16.6. The van der Waals surface area contributed by atoms with Gasteiger partial charge in [0.05, 0.1) is 12.0 Å². The summed E-state index contributed by atoms with van der Waals surface area (Å²) < 4.78 is 0. The second kappa shape index (κ2) is 13.3. The highest BCUT2D eigenvalue weighted by Gasteiger charge is 2.35. The molecule has 5 nitrogen and oxygen atoms in total. The van der Waals surface area contributed by atoms with E-state index in [1.807, 2.05) is 18.2 Å². The molecular formula is C29H34N2O3. The molecule has 0 bridgehead atoms. The minimum Gasteiger partial charge on any atom is -0.481 e. The first-order valence-corrected chi connectivity index (χ1v) is 12.0. The molecular weight excluding hydrogens is 424 g/mol. The maximum absolute atomic E-state index is 11.6. The third-order valence-corrected chi connectivity index (χ3v) is 6.00. The number of rotatable bonds is 14. The molecule has 0 unspecified atom stereocenters. The summed E-state index contributed by atoms with van der Waals surface area (Å²) >= 11 is 0. The second-order valence-electron chi connectivity index (χ2n) is 8.43. The highest BCUT2D eigenvalue weighted by molar-refractivity contribution is 5.80. The summed E-state index contributed by atoms with van der Waals surface area (Å²) in [5.41, 5.74) is 3.17. The topological polar surface area (TPSA) is 78.4 Å². The Labute approximate surface area is 202 Å². The fourth-order valence-electron chi connectivity index (χ4n) is 4.29. The standard InChI is InChI=1S/C29H34N2O3/c32-27(20-21-28(33)34)30-22-12-1-2-13-23-31-29(24-14-6-3-7-15-24,25-16-8-4-9-17-25)26-18-10-5-11-19-26/h3-11,14-19,31H,1-2,12-13,20-23H2,(H,30,32)(H,33,34). The minimum atomic E-state index is -0.944. The molecule has 3 N–H and O–H groups in total. The molecule has 3 aromatic carbocycles. The molecule has 0 saturated carbocycles. The lowest BCUT2D eigenvalue weighted by Gasteiger charge is -2.37. The van der Waals surface area contributed by atoms with Gasteiger partial charge in [0.2, 0.25) is 5.91 Å². The third kappa shape index (κ3) is 7.03. The summed E-state index contributed by atoms with van der Waals surface area (Å²) in [4.78, 5) is 22.1. The average molecular weight is 459 g/mol. The second-order valence-corrected chi connectivity index (χ2v) is 8.43. The number of hydrogen-bond acceptors (Lipinski definition) is 3. The molecule has 3 aromatic rings. The van der Waals surface area contributed by atoms with Crippen LogP contribution >= 0.6 is 0 Å². The Bertz CT molecular complexity index is 911. The van der Waals surface area contributed by atoms with Gasteiger partial charge in [-0.15, -0.1) is 0 Å². The van der Waals surface area contributed by atoms with Gasteiger partial charge in [0.15, 0.2) is 0 Å². The largest absolute Gasteiger partial charge is 0.481 e. The quantitative estimate of drug-likeness (QED) is 0.232. The molecule has 0 aliphatic heterocycles. The Hall–Kier alpha value is -3.44. The van der Waals surface area contributed by atoms with Gasteiger partial charge in [-0.25, -0.2) is 0 Å². The van der Waals surface area contributed by atoms with Crippen LogP contribution < -0.4 is 10.6 Å². The van der Waals surface area contributed by atoms with Crippen LogP contribution in [0.4, 0.5) is 0 Å². The zero-order valence-corrected chi connectivity index (χ0v) is 19.6. The van der Waals surface area contributed by atoms with E-state index in [2.05, 4.69) is 83.4 Å². The molecule has 0 aliphatic rings. The predicted octanol–water partition coefficient (Wildman–Crippen LogP) is 5.11. The monoisotopic (exact) mass is 458 g/mol. The van der Waals surface area contributed by atoms with Crippen LogP contribution in [0.15, 0.2) is 91.0 Å². The van der Waals surface area contributed by atoms with Crippen LogP contribution in [-0.2, 0) is 15.1 Å². The van der Waals surface area contributed by atoms with E-state index in [0.29, 0.717) is 6.54 Å². The Morgan fingerprint density at radius 3 is 1.50 bits per heavy atom. The summed E-state index contributed by atoms with van der Waals surface area (Å²) in [5, 5.41) is 15.3. The molecule has 0 spiro atoms. The van der Waals surface area contributed by atoms with Crippen molar-refractivity contribution in [3.8, 4) is 0 Å². The van der Waals surface area contributed by atoms with Crippen LogP contribution in [-0.4, -0.2) is 30.1 Å². The number of hydrogen-bond donors (Lipinski definition) is 3. The molecule has 0 heterocycles. The highest BCUT2D eigenvalue weighted by Crippen LogP contribution is 2.36. The van der Waals surface area contributed by atoms with Crippen LogP contribution in [0.25, 0.3) is 0 Å². The van der Waals surface area contributed by atoms with Crippen molar-refractivity contribution in [2.24, 2.45) is 0 Å². The van der Waals surface area contributed by atoms with Crippen LogP contribution in [0, 0.1) is 0 Å². The number of carboxylic acids is 1. The molecule has 3 rings (SSSR count). The van der Waals surface area contributed by atoms with Crippen molar-refractivity contribution >= 4 is 11.9 Å². The number of carbonyl (C=O) groups excluding carboxylic acids is 1. The van der Waals surface area contributed by atoms with Crippen LogP contribution in [0.1, 0.15) is 55.2 Å². The zero-order valence-electron chi connectivity index (χ0n) is 19.6. The number of carbonyl (C=O) groups is 2. The van der Waals surface area contributed by atoms with Crippen LogP contribution in [0.2, 0.25) is 0 Å². The van der Waals surface area contributed by atoms with E-state index in [1.54, 1.807) is 0 Å². The Morgan fingerprint density at radius 1 is 0.618 bits per heavy atom. The van der Waals surface area contributed by atoms with E-state index < -0.39 is 11.5 Å². The van der Waals surface area contributed by atoms with Gasteiger partial charge in [0, 0.05) is 13.0 Å². The van der Waals surface area contributed by atoms with Crippen molar-refractivity contribution in [1.82, 2.24) is 10.6 Å². The van der Waals surface area contributed by atoms with Crippen molar-refractivity contribution in [2.75, 3.05) is 13.1 Å². The van der Waals surface area contributed by atoms with Gasteiger partial charge < -0.3 is 10.4 Å². The van der Waals surface area contributed by atoms with E-state index in [0.717, 1.165) is 32.2 Å². The molecule has 1 amide bonds. The molecule has 0 fully saturated rings. The minimum absolute atomic E-state index is 0.0415. The Morgan fingerprint density at radius 2 is 1.06 bits per heavy atom.